The first-order chi connectivity index (χ1) is 11.9. The van der Waals surface area contributed by atoms with Crippen molar-refractivity contribution >= 4 is 15.9 Å². The van der Waals surface area contributed by atoms with Crippen LogP contribution in [-0.2, 0) is 16.4 Å². The van der Waals surface area contributed by atoms with Gasteiger partial charge in [0, 0.05) is 26.2 Å². The van der Waals surface area contributed by atoms with Crippen molar-refractivity contribution < 1.29 is 17.9 Å². The number of nitrogens with zero attached hydrogens (tertiary/aromatic N) is 1. The average Bonchev–Trinajstić information content (AvgIpc) is 2.62. The number of amides is 1. The predicted molar refractivity (Wildman–Crippen MR) is 96.3 cm³/mol. The minimum absolute atomic E-state index is 0.156. The molecule has 0 bridgehead atoms. The van der Waals surface area contributed by atoms with Crippen LogP contribution >= 0.6 is 0 Å². The van der Waals surface area contributed by atoms with Crippen LogP contribution in [0, 0.1) is 0 Å². The zero-order valence-electron chi connectivity index (χ0n) is 14.5. The monoisotopic (exact) mass is 362 g/mol. The van der Waals surface area contributed by atoms with Crippen LogP contribution in [0.2, 0.25) is 0 Å². The maximum absolute atomic E-state index is 12.2. The SMILES string of the molecule is COc1ccccc1CCNC(=O)c1ccc(S(=O)(=O)N(C)C)cc1. The van der Waals surface area contributed by atoms with Crippen molar-refractivity contribution in [2.45, 2.75) is 11.3 Å². The van der Waals surface area contributed by atoms with Crippen molar-refractivity contribution in [3.05, 3.63) is 59.7 Å². The highest BCUT2D eigenvalue weighted by atomic mass is 32.2. The molecule has 0 fully saturated rings. The van der Waals surface area contributed by atoms with Gasteiger partial charge in [-0.25, -0.2) is 12.7 Å². The maximum Gasteiger partial charge on any atom is 0.251 e. The van der Waals surface area contributed by atoms with E-state index < -0.39 is 10.0 Å². The van der Waals surface area contributed by atoms with E-state index in [4.69, 9.17) is 4.74 Å². The molecule has 0 aliphatic rings. The maximum atomic E-state index is 12.2. The van der Waals surface area contributed by atoms with Gasteiger partial charge in [-0.3, -0.25) is 4.79 Å². The molecule has 25 heavy (non-hydrogen) atoms. The highest BCUT2D eigenvalue weighted by molar-refractivity contribution is 7.89. The van der Waals surface area contributed by atoms with Gasteiger partial charge in [0.15, 0.2) is 0 Å². The number of ether oxygens (including phenoxy) is 1. The van der Waals surface area contributed by atoms with Crippen molar-refractivity contribution in [1.29, 1.82) is 0 Å². The van der Waals surface area contributed by atoms with Crippen molar-refractivity contribution in [1.82, 2.24) is 9.62 Å². The van der Waals surface area contributed by atoms with Gasteiger partial charge in [-0.2, -0.15) is 0 Å². The van der Waals surface area contributed by atoms with Crippen molar-refractivity contribution in [2.24, 2.45) is 0 Å². The number of para-hydroxylation sites is 1. The first-order valence-electron chi connectivity index (χ1n) is 7.79. The number of methoxy groups -OCH3 is 1. The lowest BCUT2D eigenvalue weighted by Gasteiger charge is -2.12. The second kappa shape index (κ2) is 8.13. The van der Waals surface area contributed by atoms with E-state index in [9.17, 15) is 13.2 Å². The summed E-state index contributed by atoms with van der Waals surface area (Å²) in [6.07, 6.45) is 0.642. The largest absolute Gasteiger partial charge is 0.496 e. The fraction of sp³-hybridized carbons (Fsp3) is 0.278. The Morgan fingerprint density at radius 3 is 2.32 bits per heavy atom. The number of sulfonamides is 1. The summed E-state index contributed by atoms with van der Waals surface area (Å²) in [5.41, 5.74) is 1.43. The van der Waals surface area contributed by atoms with E-state index in [-0.39, 0.29) is 10.8 Å². The lowest BCUT2D eigenvalue weighted by molar-refractivity contribution is 0.0954. The molecule has 0 radical (unpaired) electrons. The van der Waals surface area contributed by atoms with E-state index in [1.165, 1.54) is 38.4 Å². The van der Waals surface area contributed by atoms with Crippen LogP contribution in [0.4, 0.5) is 0 Å². The third kappa shape index (κ3) is 4.58. The number of rotatable bonds is 7. The molecular weight excluding hydrogens is 340 g/mol. The third-order valence-electron chi connectivity index (χ3n) is 3.77. The highest BCUT2D eigenvalue weighted by Crippen LogP contribution is 2.17. The summed E-state index contributed by atoms with van der Waals surface area (Å²) in [5.74, 6) is 0.540. The highest BCUT2D eigenvalue weighted by Gasteiger charge is 2.17. The summed E-state index contributed by atoms with van der Waals surface area (Å²) in [7, 11) is 1.05. The Bertz CT molecular complexity index is 830. The Morgan fingerprint density at radius 2 is 1.72 bits per heavy atom. The molecule has 0 saturated carbocycles. The van der Waals surface area contributed by atoms with Crippen LogP contribution in [0.3, 0.4) is 0 Å². The van der Waals surface area contributed by atoms with Gasteiger partial charge >= 0.3 is 0 Å². The molecular formula is C18H22N2O4S. The van der Waals surface area contributed by atoms with E-state index >= 15 is 0 Å². The number of benzene rings is 2. The summed E-state index contributed by atoms with van der Waals surface area (Å²) in [5, 5.41) is 2.83. The lowest BCUT2D eigenvalue weighted by atomic mass is 10.1. The summed E-state index contributed by atoms with van der Waals surface area (Å²) < 4.78 is 30.4. The van der Waals surface area contributed by atoms with Gasteiger partial charge in [0.1, 0.15) is 5.75 Å². The molecule has 2 rings (SSSR count). The molecule has 134 valence electrons. The van der Waals surface area contributed by atoms with Crippen molar-refractivity contribution in [3.63, 3.8) is 0 Å². The molecule has 1 N–H and O–H groups in total. The van der Waals surface area contributed by atoms with Crippen LogP contribution in [0.1, 0.15) is 15.9 Å². The van der Waals surface area contributed by atoms with Crippen molar-refractivity contribution in [2.75, 3.05) is 27.7 Å². The molecule has 0 aliphatic carbocycles. The Kier molecular flexibility index (Phi) is 6.17. The molecule has 0 atom stereocenters. The molecule has 1 amide bonds. The van der Waals surface area contributed by atoms with E-state index in [0.717, 1.165) is 15.6 Å². The zero-order valence-corrected chi connectivity index (χ0v) is 15.3. The van der Waals surface area contributed by atoms with Gasteiger partial charge in [0.05, 0.1) is 12.0 Å². The Morgan fingerprint density at radius 1 is 1.08 bits per heavy atom. The van der Waals surface area contributed by atoms with Gasteiger partial charge in [0.2, 0.25) is 10.0 Å². The summed E-state index contributed by atoms with van der Waals surface area (Å²) >= 11 is 0. The molecule has 0 spiro atoms. The zero-order chi connectivity index (χ0) is 18.4. The van der Waals surface area contributed by atoms with Crippen LogP contribution in [0.5, 0.6) is 5.75 Å². The minimum Gasteiger partial charge on any atom is -0.496 e. The van der Waals surface area contributed by atoms with E-state index in [1.807, 2.05) is 24.3 Å². The Labute approximate surface area is 148 Å². The number of carbonyl (C=O) groups is 1. The standard InChI is InChI=1S/C18H22N2O4S/c1-20(2)25(22,23)16-10-8-15(9-11-16)18(21)19-13-12-14-6-4-5-7-17(14)24-3/h4-11H,12-13H2,1-3H3,(H,19,21). The molecule has 0 heterocycles. The second-order valence-electron chi connectivity index (χ2n) is 5.63. The van der Waals surface area contributed by atoms with Crippen LogP contribution in [-0.4, -0.2) is 46.4 Å². The third-order valence-corrected chi connectivity index (χ3v) is 5.60. The van der Waals surface area contributed by atoms with Crippen LogP contribution in [0.15, 0.2) is 53.4 Å². The molecule has 0 aromatic heterocycles. The van der Waals surface area contributed by atoms with E-state index in [0.29, 0.717) is 18.5 Å². The molecule has 2 aromatic carbocycles. The molecule has 6 nitrogen and oxygen atoms in total. The Balaban J connectivity index is 1.97. The normalized spacial score (nSPS) is 11.4. The molecule has 2 aromatic rings. The molecule has 0 aliphatic heterocycles. The smallest absolute Gasteiger partial charge is 0.251 e. The number of nitrogens with one attached hydrogen (secondary N) is 1. The number of hydrogen-bond acceptors (Lipinski definition) is 4. The summed E-state index contributed by atoms with van der Waals surface area (Å²) in [4.78, 5) is 12.3. The van der Waals surface area contributed by atoms with Crippen LogP contribution < -0.4 is 10.1 Å². The van der Waals surface area contributed by atoms with Crippen molar-refractivity contribution in [3.8, 4) is 5.75 Å². The van der Waals surface area contributed by atoms with Gasteiger partial charge in [0.25, 0.3) is 5.91 Å². The van der Waals surface area contributed by atoms with Gasteiger partial charge in [-0.1, -0.05) is 18.2 Å². The fourth-order valence-electron chi connectivity index (χ4n) is 2.31. The molecule has 0 unspecified atom stereocenters. The summed E-state index contributed by atoms with van der Waals surface area (Å²) in [6.45, 7) is 0.455. The quantitative estimate of drug-likeness (QED) is 0.816. The topological polar surface area (TPSA) is 75.7 Å². The molecule has 7 heteroatoms. The Hall–Kier alpha value is -2.38. The molecule has 0 saturated heterocycles. The van der Waals surface area contributed by atoms with Gasteiger partial charge in [-0.15, -0.1) is 0 Å². The van der Waals surface area contributed by atoms with E-state index in [2.05, 4.69) is 5.32 Å². The lowest BCUT2D eigenvalue weighted by Crippen LogP contribution is -2.26. The average molecular weight is 362 g/mol. The number of carbonyl (C=O) groups excluding carboxylic acids is 1. The minimum atomic E-state index is -3.49. The number of hydrogen-bond donors (Lipinski definition) is 1. The summed E-state index contributed by atoms with van der Waals surface area (Å²) in [6, 6.07) is 13.5. The van der Waals surface area contributed by atoms with E-state index in [1.54, 1.807) is 7.11 Å². The predicted octanol–water partition coefficient (Wildman–Crippen LogP) is 1.92. The van der Waals surface area contributed by atoms with Gasteiger partial charge in [-0.05, 0) is 42.3 Å². The first kappa shape index (κ1) is 19.0. The van der Waals surface area contributed by atoms with Crippen LogP contribution in [0.25, 0.3) is 0 Å². The van der Waals surface area contributed by atoms with Gasteiger partial charge < -0.3 is 10.1 Å². The second-order valence-corrected chi connectivity index (χ2v) is 7.78. The first-order valence-corrected chi connectivity index (χ1v) is 9.23. The fourth-order valence-corrected chi connectivity index (χ4v) is 3.21.